The van der Waals surface area contributed by atoms with Crippen LogP contribution >= 0.6 is 0 Å². The molecule has 0 fully saturated rings. The summed E-state index contributed by atoms with van der Waals surface area (Å²) in [5.41, 5.74) is 4.69. The van der Waals surface area contributed by atoms with Gasteiger partial charge >= 0.3 is 0 Å². The van der Waals surface area contributed by atoms with E-state index < -0.39 is 5.60 Å². The standard InChI is InChI=1S/C11H21N3O/c1-9(2)10-13-5-7-14(10)6-4-11(3,15)8-12/h5,7,9,15H,4,6,8,12H2,1-3H3. The second-order valence-corrected chi connectivity index (χ2v) is 4.58. The first-order valence-corrected chi connectivity index (χ1v) is 5.40. The summed E-state index contributed by atoms with van der Waals surface area (Å²) in [6.07, 6.45) is 4.40. The third-order valence-electron chi connectivity index (χ3n) is 2.60. The molecule has 1 atom stereocenters. The van der Waals surface area contributed by atoms with Crippen molar-refractivity contribution < 1.29 is 5.11 Å². The minimum Gasteiger partial charge on any atom is -0.389 e. The van der Waals surface area contributed by atoms with Crippen molar-refractivity contribution in [1.82, 2.24) is 9.55 Å². The number of rotatable bonds is 5. The molecule has 3 N–H and O–H groups in total. The maximum Gasteiger partial charge on any atom is 0.111 e. The van der Waals surface area contributed by atoms with Gasteiger partial charge in [0.1, 0.15) is 5.82 Å². The number of nitrogens with two attached hydrogens (primary N) is 1. The van der Waals surface area contributed by atoms with Crippen molar-refractivity contribution in [2.24, 2.45) is 5.73 Å². The molecular weight excluding hydrogens is 190 g/mol. The van der Waals surface area contributed by atoms with E-state index in [1.807, 2.05) is 6.20 Å². The summed E-state index contributed by atoms with van der Waals surface area (Å²) in [7, 11) is 0. The monoisotopic (exact) mass is 211 g/mol. The third kappa shape index (κ3) is 3.32. The molecule has 0 bridgehead atoms. The highest BCUT2D eigenvalue weighted by Crippen LogP contribution is 2.15. The molecule has 1 heterocycles. The zero-order chi connectivity index (χ0) is 11.5. The predicted octanol–water partition coefficient (Wildman–Crippen LogP) is 1.11. The van der Waals surface area contributed by atoms with Crippen LogP contribution in [0.2, 0.25) is 0 Å². The third-order valence-corrected chi connectivity index (χ3v) is 2.60. The first-order valence-electron chi connectivity index (χ1n) is 5.40. The van der Waals surface area contributed by atoms with Gasteiger partial charge in [-0.1, -0.05) is 13.8 Å². The number of hydrogen-bond acceptors (Lipinski definition) is 3. The van der Waals surface area contributed by atoms with Gasteiger partial charge in [0, 0.05) is 31.4 Å². The van der Waals surface area contributed by atoms with E-state index in [0.29, 0.717) is 18.9 Å². The number of aliphatic hydroxyl groups is 1. The van der Waals surface area contributed by atoms with Crippen LogP contribution in [0.25, 0.3) is 0 Å². The minimum atomic E-state index is -0.779. The highest BCUT2D eigenvalue weighted by Gasteiger charge is 2.18. The van der Waals surface area contributed by atoms with E-state index in [-0.39, 0.29) is 0 Å². The number of aryl methyl sites for hydroxylation is 1. The van der Waals surface area contributed by atoms with Crippen LogP contribution in [0.5, 0.6) is 0 Å². The molecule has 0 radical (unpaired) electrons. The van der Waals surface area contributed by atoms with Gasteiger partial charge in [-0.2, -0.15) is 0 Å². The minimum absolute atomic E-state index is 0.290. The Hall–Kier alpha value is -0.870. The average Bonchev–Trinajstić information content (AvgIpc) is 2.63. The first-order chi connectivity index (χ1) is 6.96. The van der Waals surface area contributed by atoms with Crippen LogP contribution in [0.3, 0.4) is 0 Å². The van der Waals surface area contributed by atoms with Crippen molar-refractivity contribution in [3.05, 3.63) is 18.2 Å². The molecule has 4 heteroatoms. The second-order valence-electron chi connectivity index (χ2n) is 4.58. The highest BCUT2D eigenvalue weighted by atomic mass is 16.3. The van der Waals surface area contributed by atoms with Crippen molar-refractivity contribution in [3.63, 3.8) is 0 Å². The zero-order valence-corrected chi connectivity index (χ0v) is 9.77. The molecule has 1 unspecified atom stereocenters. The van der Waals surface area contributed by atoms with Crippen LogP contribution in [0, 0.1) is 0 Å². The number of hydrogen-bond donors (Lipinski definition) is 2. The maximum absolute atomic E-state index is 9.79. The van der Waals surface area contributed by atoms with Crippen LogP contribution in [0.4, 0.5) is 0 Å². The summed E-state index contributed by atoms with van der Waals surface area (Å²) in [5.74, 6) is 1.46. The van der Waals surface area contributed by atoms with Gasteiger partial charge in [0.25, 0.3) is 0 Å². The summed E-state index contributed by atoms with van der Waals surface area (Å²) in [5, 5.41) is 9.79. The van der Waals surface area contributed by atoms with E-state index in [2.05, 4.69) is 23.4 Å². The fourth-order valence-electron chi connectivity index (χ4n) is 1.47. The lowest BCUT2D eigenvalue weighted by Crippen LogP contribution is -2.35. The predicted molar refractivity (Wildman–Crippen MR) is 60.6 cm³/mol. The van der Waals surface area contributed by atoms with E-state index >= 15 is 0 Å². The van der Waals surface area contributed by atoms with Crippen LogP contribution in [0.15, 0.2) is 12.4 Å². The van der Waals surface area contributed by atoms with E-state index in [9.17, 15) is 5.11 Å². The Morgan fingerprint density at radius 3 is 2.80 bits per heavy atom. The molecule has 0 aliphatic heterocycles. The molecule has 15 heavy (non-hydrogen) atoms. The lowest BCUT2D eigenvalue weighted by atomic mass is 10.0. The van der Waals surface area contributed by atoms with E-state index in [1.165, 1.54) is 0 Å². The maximum atomic E-state index is 9.79. The summed E-state index contributed by atoms with van der Waals surface area (Å²) >= 11 is 0. The van der Waals surface area contributed by atoms with Crippen LogP contribution < -0.4 is 5.73 Å². The Morgan fingerprint density at radius 2 is 2.27 bits per heavy atom. The molecule has 0 aliphatic rings. The van der Waals surface area contributed by atoms with Gasteiger partial charge in [-0.25, -0.2) is 4.98 Å². The van der Waals surface area contributed by atoms with Crippen LogP contribution in [-0.2, 0) is 6.54 Å². The SMILES string of the molecule is CC(C)c1nccn1CCC(C)(O)CN. The fourth-order valence-corrected chi connectivity index (χ4v) is 1.47. The number of imidazole rings is 1. The average molecular weight is 211 g/mol. The largest absolute Gasteiger partial charge is 0.389 e. The molecule has 1 rings (SSSR count). The second kappa shape index (κ2) is 4.77. The Kier molecular flexibility index (Phi) is 3.88. The molecule has 4 nitrogen and oxygen atoms in total. The van der Waals surface area contributed by atoms with Gasteiger partial charge in [-0.05, 0) is 13.3 Å². The molecule has 0 spiro atoms. The van der Waals surface area contributed by atoms with Crippen molar-refractivity contribution in [3.8, 4) is 0 Å². The zero-order valence-electron chi connectivity index (χ0n) is 9.77. The van der Waals surface area contributed by atoms with Gasteiger partial charge < -0.3 is 15.4 Å². The van der Waals surface area contributed by atoms with E-state index in [4.69, 9.17) is 5.73 Å². The van der Waals surface area contributed by atoms with Crippen molar-refractivity contribution in [2.75, 3.05) is 6.54 Å². The fraction of sp³-hybridized carbons (Fsp3) is 0.727. The number of aromatic nitrogens is 2. The molecule has 0 saturated carbocycles. The lowest BCUT2D eigenvalue weighted by Gasteiger charge is -2.21. The first kappa shape index (κ1) is 12.2. The molecule has 0 aliphatic carbocycles. The molecule has 1 aromatic heterocycles. The molecule has 86 valence electrons. The van der Waals surface area contributed by atoms with Gasteiger partial charge in [-0.15, -0.1) is 0 Å². The van der Waals surface area contributed by atoms with E-state index in [1.54, 1.807) is 13.1 Å². The Labute approximate surface area is 91.1 Å². The van der Waals surface area contributed by atoms with Gasteiger partial charge in [0.05, 0.1) is 5.60 Å². The summed E-state index contributed by atoms with van der Waals surface area (Å²) in [4.78, 5) is 4.29. The molecule has 0 saturated heterocycles. The lowest BCUT2D eigenvalue weighted by molar-refractivity contribution is 0.0551. The van der Waals surface area contributed by atoms with Gasteiger partial charge in [0.2, 0.25) is 0 Å². The van der Waals surface area contributed by atoms with Gasteiger partial charge in [-0.3, -0.25) is 0 Å². The quantitative estimate of drug-likeness (QED) is 0.766. The smallest absolute Gasteiger partial charge is 0.111 e. The summed E-state index contributed by atoms with van der Waals surface area (Å²) < 4.78 is 2.08. The summed E-state index contributed by atoms with van der Waals surface area (Å²) in [6.45, 7) is 7.04. The van der Waals surface area contributed by atoms with Crippen LogP contribution in [0.1, 0.15) is 38.9 Å². The molecule has 0 aromatic carbocycles. The molecular formula is C11H21N3O. The van der Waals surface area contributed by atoms with E-state index in [0.717, 1.165) is 12.4 Å². The Morgan fingerprint density at radius 1 is 1.60 bits per heavy atom. The van der Waals surface area contributed by atoms with Crippen molar-refractivity contribution in [1.29, 1.82) is 0 Å². The topological polar surface area (TPSA) is 64.1 Å². The highest BCUT2D eigenvalue weighted by molar-refractivity contribution is 4.97. The summed E-state index contributed by atoms with van der Waals surface area (Å²) in [6, 6.07) is 0. The molecule has 0 amide bonds. The van der Waals surface area contributed by atoms with Crippen LogP contribution in [-0.4, -0.2) is 26.8 Å². The Balaban J connectivity index is 2.61. The number of nitrogens with zero attached hydrogens (tertiary/aromatic N) is 2. The van der Waals surface area contributed by atoms with Crippen molar-refractivity contribution in [2.45, 2.75) is 45.3 Å². The Bertz CT molecular complexity index is 305. The molecule has 1 aromatic rings. The van der Waals surface area contributed by atoms with Gasteiger partial charge in [0.15, 0.2) is 0 Å². The normalized spacial score (nSPS) is 15.6. The van der Waals surface area contributed by atoms with Crippen molar-refractivity contribution >= 4 is 0 Å².